The molecule has 0 aliphatic carbocycles. The quantitative estimate of drug-likeness (QED) is 0.174. The van der Waals surface area contributed by atoms with E-state index in [0.717, 1.165) is 16.3 Å². The molecule has 0 amide bonds. The van der Waals surface area contributed by atoms with Crippen molar-refractivity contribution in [3.63, 3.8) is 0 Å². The Balaban J connectivity index is 1.42. The van der Waals surface area contributed by atoms with Crippen LogP contribution in [0.25, 0.3) is 10.9 Å². The van der Waals surface area contributed by atoms with Gasteiger partial charge in [0.2, 0.25) is 0 Å². The molecule has 0 bridgehead atoms. The number of aryl methyl sites for hydroxylation is 1. The third-order valence-electron chi connectivity index (χ3n) is 6.63. The molecule has 1 atom stereocenters. The van der Waals surface area contributed by atoms with E-state index in [9.17, 15) is 9.65 Å². The number of ether oxygens (including phenoxy) is 1. The molecule has 2 aliphatic heterocycles. The van der Waals surface area contributed by atoms with E-state index in [-0.39, 0.29) is 33.4 Å². The molecule has 9 nitrogen and oxygen atoms in total. The Bertz CT molecular complexity index is 1700. The number of rotatable bonds is 7. The normalized spacial score (nSPS) is 15.8. The first-order chi connectivity index (χ1) is 19.3. The van der Waals surface area contributed by atoms with Gasteiger partial charge in [0, 0.05) is 23.5 Å². The number of pyridine rings is 1. The third kappa shape index (κ3) is 4.88. The second kappa shape index (κ2) is 10.9. The molecule has 1 fully saturated rings. The second-order valence-corrected chi connectivity index (χ2v) is 11.2. The number of halogens is 4. The van der Waals surface area contributed by atoms with Gasteiger partial charge in [0.25, 0.3) is 0 Å². The highest BCUT2D eigenvalue weighted by Crippen LogP contribution is 2.39. The fraction of sp³-hybridized carbons (Fsp3) is 0.192. The van der Waals surface area contributed by atoms with Gasteiger partial charge in [0.05, 0.1) is 78.6 Å². The van der Waals surface area contributed by atoms with Crippen molar-refractivity contribution in [2.24, 2.45) is 0 Å². The smallest absolute Gasteiger partial charge is 0.166 e. The molecule has 0 unspecified atom stereocenters. The van der Waals surface area contributed by atoms with E-state index < -0.39 is 5.82 Å². The molecule has 0 saturated carbocycles. The van der Waals surface area contributed by atoms with E-state index >= 15 is 0 Å². The summed E-state index contributed by atoms with van der Waals surface area (Å²) in [6.45, 7) is 3.23. The minimum absolute atomic E-state index is 0.0532. The zero-order valence-electron chi connectivity index (χ0n) is 20.7. The van der Waals surface area contributed by atoms with Gasteiger partial charge in [-0.15, -0.1) is 16.9 Å². The number of fused-ring (bicyclic) bond motifs is 1. The molecular formula is C26H20Cl3FN8OS. The van der Waals surface area contributed by atoms with E-state index in [1.807, 2.05) is 24.2 Å². The van der Waals surface area contributed by atoms with Crippen LogP contribution in [0.15, 0.2) is 47.9 Å². The van der Waals surface area contributed by atoms with E-state index in [1.165, 1.54) is 29.7 Å². The van der Waals surface area contributed by atoms with Crippen LogP contribution >= 0.6 is 46.1 Å². The van der Waals surface area contributed by atoms with Crippen LogP contribution in [0.3, 0.4) is 0 Å². The average Bonchev–Trinajstić information content (AvgIpc) is 3.56. The standard InChI is InChI=1S/C26H20Cl3FN8OS/c1-12-26(40-11-33-12)25(20-8-38(37-36-20)15-9-39-10-15)34-14-4-16-23(13(6-31)7-32-24(16)18(28)5-14)35-19-3-2-17(27)21(29)22(19)30/h2-5,7-8,11,15,25,34,36-37H,9-10H2,1H3,(H,32,35)/t25-/m1/s1. The molecule has 2 aromatic carbocycles. The van der Waals surface area contributed by atoms with Gasteiger partial charge in [-0.2, -0.15) is 5.26 Å². The molecule has 204 valence electrons. The van der Waals surface area contributed by atoms with Crippen molar-refractivity contribution in [1.82, 2.24) is 25.9 Å². The van der Waals surface area contributed by atoms with Crippen LogP contribution in [0, 0.1) is 24.1 Å². The molecule has 2 aliphatic rings. The lowest BCUT2D eigenvalue weighted by atomic mass is 10.1. The molecule has 4 N–H and O–H groups in total. The van der Waals surface area contributed by atoms with Crippen molar-refractivity contribution in [2.75, 3.05) is 23.8 Å². The first-order valence-corrected chi connectivity index (χ1v) is 14.0. The lowest BCUT2D eigenvalue weighted by Crippen LogP contribution is -2.52. The number of nitriles is 1. The average molecular weight is 618 g/mol. The number of nitrogens with zero attached hydrogens (tertiary/aromatic N) is 4. The van der Waals surface area contributed by atoms with E-state index in [0.29, 0.717) is 40.5 Å². The number of thiazole rings is 1. The van der Waals surface area contributed by atoms with Gasteiger partial charge in [-0.25, -0.2) is 9.37 Å². The molecule has 4 aromatic rings. The Hall–Kier alpha value is -3.37. The summed E-state index contributed by atoms with van der Waals surface area (Å²) in [7, 11) is 0. The third-order valence-corrected chi connectivity index (χ3v) is 8.69. The topological polar surface area (TPSA) is 110 Å². The summed E-state index contributed by atoms with van der Waals surface area (Å²) in [6, 6.07) is 8.54. The number of benzene rings is 2. The molecule has 40 heavy (non-hydrogen) atoms. The monoisotopic (exact) mass is 616 g/mol. The summed E-state index contributed by atoms with van der Waals surface area (Å²) < 4.78 is 20.3. The lowest BCUT2D eigenvalue weighted by Gasteiger charge is -2.33. The summed E-state index contributed by atoms with van der Waals surface area (Å²) in [4.78, 5) is 9.83. The van der Waals surface area contributed by atoms with Gasteiger partial charge in [0.15, 0.2) is 5.82 Å². The highest BCUT2D eigenvalue weighted by molar-refractivity contribution is 7.09. The minimum atomic E-state index is -0.739. The summed E-state index contributed by atoms with van der Waals surface area (Å²) in [5, 5.41) is 19.1. The van der Waals surface area contributed by atoms with Crippen LogP contribution in [0.1, 0.15) is 22.2 Å². The largest absolute Gasteiger partial charge is 0.377 e. The molecule has 2 aromatic heterocycles. The molecule has 1 saturated heterocycles. The fourth-order valence-electron chi connectivity index (χ4n) is 4.43. The van der Waals surface area contributed by atoms with Crippen molar-refractivity contribution < 1.29 is 9.13 Å². The van der Waals surface area contributed by atoms with Crippen LogP contribution in [0.2, 0.25) is 15.1 Å². The van der Waals surface area contributed by atoms with Crippen LogP contribution < -0.4 is 21.6 Å². The SMILES string of the molecule is Cc1ncsc1[C@H](Nc1cc(Cl)c2ncc(C#N)c(Nc3ccc(Cl)c(Cl)c3F)c2c1)C1=CN(C2COC2)NN1. The zero-order valence-corrected chi connectivity index (χ0v) is 23.8. The predicted octanol–water partition coefficient (Wildman–Crippen LogP) is 6.43. The van der Waals surface area contributed by atoms with Gasteiger partial charge in [-0.05, 0) is 31.2 Å². The number of hydrazine groups is 2. The van der Waals surface area contributed by atoms with Crippen molar-refractivity contribution in [3.8, 4) is 6.07 Å². The summed E-state index contributed by atoms with van der Waals surface area (Å²) in [5.74, 6) is -0.739. The Morgan fingerprint density at radius 2 is 2.05 bits per heavy atom. The maximum absolute atomic E-state index is 14.9. The van der Waals surface area contributed by atoms with Gasteiger partial charge in [0.1, 0.15) is 12.1 Å². The lowest BCUT2D eigenvalue weighted by molar-refractivity contribution is -0.0635. The zero-order chi connectivity index (χ0) is 28.0. The Kier molecular flexibility index (Phi) is 7.31. The second-order valence-electron chi connectivity index (χ2n) is 9.16. The fourth-order valence-corrected chi connectivity index (χ4v) is 5.88. The minimum Gasteiger partial charge on any atom is -0.377 e. The summed E-state index contributed by atoms with van der Waals surface area (Å²) in [6.07, 6.45) is 3.39. The van der Waals surface area contributed by atoms with Gasteiger partial charge >= 0.3 is 0 Å². The van der Waals surface area contributed by atoms with Crippen molar-refractivity contribution in [3.05, 3.63) is 84.9 Å². The Labute approximate surface area is 247 Å². The molecule has 0 radical (unpaired) electrons. The van der Waals surface area contributed by atoms with E-state index in [1.54, 1.807) is 11.6 Å². The van der Waals surface area contributed by atoms with Crippen LogP contribution in [0.5, 0.6) is 0 Å². The first kappa shape index (κ1) is 26.8. The molecule has 4 heterocycles. The Morgan fingerprint density at radius 1 is 1.23 bits per heavy atom. The van der Waals surface area contributed by atoms with Gasteiger partial charge in [-0.3, -0.25) is 9.99 Å². The van der Waals surface area contributed by atoms with Crippen molar-refractivity contribution in [2.45, 2.75) is 19.0 Å². The molecular weight excluding hydrogens is 598 g/mol. The highest BCUT2D eigenvalue weighted by Gasteiger charge is 2.31. The van der Waals surface area contributed by atoms with Gasteiger partial charge < -0.3 is 20.8 Å². The summed E-state index contributed by atoms with van der Waals surface area (Å²) in [5.41, 5.74) is 11.7. The first-order valence-electron chi connectivity index (χ1n) is 12.0. The number of aromatic nitrogens is 2. The Morgan fingerprint density at radius 3 is 2.75 bits per heavy atom. The number of hydrogen-bond donors (Lipinski definition) is 4. The highest BCUT2D eigenvalue weighted by atomic mass is 35.5. The van der Waals surface area contributed by atoms with Gasteiger partial charge in [-0.1, -0.05) is 34.8 Å². The van der Waals surface area contributed by atoms with E-state index in [2.05, 4.69) is 37.6 Å². The van der Waals surface area contributed by atoms with Crippen LogP contribution in [0.4, 0.5) is 21.5 Å². The van der Waals surface area contributed by atoms with Crippen LogP contribution in [-0.4, -0.2) is 34.2 Å². The maximum atomic E-state index is 14.9. The van der Waals surface area contributed by atoms with Crippen molar-refractivity contribution >= 4 is 74.1 Å². The molecule has 6 rings (SSSR count). The van der Waals surface area contributed by atoms with Crippen molar-refractivity contribution in [1.29, 1.82) is 5.26 Å². The number of anilines is 3. The summed E-state index contributed by atoms with van der Waals surface area (Å²) >= 11 is 20.2. The maximum Gasteiger partial charge on any atom is 0.166 e. The number of nitrogens with one attached hydrogen (secondary N) is 4. The van der Waals surface area contributed by atoms with E-state index in [4.69, 9.17) is 39.5 Å². The molecule has 0 spiro atoms. The van der Waals surface area contributed by atoms with Crippen LogP contribution in [-0.2, 0) is 4.74 Å². The predicted molar refractivity (Wildman–Crippen MR) is 155 cm³/mol. The molecule has 14 heteroatoms. The number of hydrogen-bond acceptors (Lipinski definition) is 10.